The Balaban J connectivity index is 2.04. The smallest absolute Gasteiger partial charge is 0.404 e. The number of benzene rings is 1. The summed E-state index contributed by atoms with van der Waals surface area (Å²) in [5.74, 6) is 0.635. The minimum atomic E-state index is -1.07. The number of carboxylic acid groups (broad SMARTS) is 1. The number of nitrogens with zero attached hydrogens (tertiary/aromatic N) is 2. The van der Waals surface area contributed by atoms with Crippen molar-refractivity contribution in [1.82, 2.24) is 15.1 Å². The highest BCUT2D eigenvalue weighted by Gasteiger charge is 2.31. The second-order valence-corrected chi connectivity index (χ2v) is 6.54. The van der Waals surface area contributed by atoms with E-state index in [0.29, 0.717) is 24.5 Å². The van der Waals surface area contributed by atoms with Crippen LogP contribution in [0.15, 0.2) is 18.3 Å². The summed E-state index contributed by atoms with van der Waals surface area (Å²) < 4.78 is 7.35. The molecule has 0 saturated carbocycles. The molecule has 0 saturated heterocycles. The summed E-state index contributed by atoms with van der Waals surface area (Å²) in [7, 11) is 0. The fourth-order valence-electron chi connectivity index (χ4n) is 2.70. The van der Waals surface area contributed by atoms with E-state index < -0.39 is 12.2 Å². The SMILES string of the molecule is CC(Cn1ncc2ccc3c(c21)C(O)C(Br)CO3)NC(=O)O. The number of hydrogen-bond acceptors (Lipinski definition) is 4. The molecule has 2 heterocycles. The third-order valence-electron chi connectivity index (χ3n) is 3.66. The van der Waals surface area contributed by atoms with Crippen molar-refractivity contribution in [3.05, 3.63) is 23.9 Å². The number of hydrogen-bond donors (Lipinski definition) is 3. The number of fused-ring (bicyclic) bond motifs is 3. The first-order chi connectivity index (χ1) is 10.5. The number of carbonyl (C=O) groups is 1. The molecule has 2 aromatic rings. The molecule has 3 unspecified atom stereocenters. The van der Waals surface area contributed by atoms with Gasteiger partial charge in [0.05, 0.1) is 23.1 Å². The van der Waals surface area contributed by atoms with Gasteiger partial charge in [0.25, 0.3) is 0 Å². The maximum Gasteiger partial charge on any atom is 0.404 e. The number of alkyl halides is 1. The Hall–Kier alpha value is -1.80. The van der Waals surface area contributed by atoms with Gasteiger partial charge < -0.3 is 20.3 Å². The first-order valence-corrected chi connectivity index (χ1v) is 7.81. The molecule has 1 aromatic carbocycles. The molecule has 0 spiro atoms. The van der Waals surface area contributed by atoms with Crippen molar-refractivity contribution in [2.45, 2.75) is 30.4 Å². The van der Waals surface area contributed by atoms with Gasteiger partial charge in [0.1, 0.15) is 18.5 Å². The Morgan fingerprint density at radius 2 is 2.41 bits per heavy atom. The zero-order valence-electron chi connectivity index (χ0n) is 11.9. The van der Waals surface area contributed by atoms with Crippen LogP contribution in [0, 0.1) is 0 Å². The van der Waals surface area contributed by atoms with Gasteiger partial charge in [0.15, 0.2) is 0 Å². The summed E-state index contributed by atoms with van der Waals surface area (Å²) in [6.07, 6.45) is -0.0752. The van der Waals surface area contributed by atoms with Crippen molar-refractivity contribution in [2.24, 2.45) is 0 Å². The zero-order valence-corrected chi connectivity index (χ0v) is 13.4. The van der Waals surface area contributed by atoms with E-state index in [2.05, 4.69) is 26.3 Å². The Morgan fingerprint density at radius 3 is 3.14 bits per heavy atom. The molecule has 3 atom stereocenters. The lowest BCUT2D eigenvalue weighted by molar-refractivity contribution is 0.126. The maximum atomic E-state index is 10.7. The van der Waals surface area contributed by atoms with Gasteiger partial charge in [0, 0.05) is 17.0 Å². The van der Waals surface area contributed by atoms with Crippen molar-refractivity contribution in [3.63, 3.8) is 0 Å². The molecule has 7 nitrogen and oxygen atoms in total. The van der Waals surface area contributed by atoms with E-state index in [-0.39, 0.29) is 10.9 Å². The van der Waals surface area contributed by atoms with E-state index in [1.807, 2.05) is 12.1 Å². The Bertz CT molecular complexity index is 717. The molecule has 118 valence electrons. The molecule has 0 radical (unpaired) electrons. The van der Waals surface area contributed by atoms with Crippen LogP contribution < -0.4 is 10.1 Å². The van der Waals surface area contributed by atoms with Crippen LogP contribution in [-0.2, 0) is 6.54 Å². The molecule has 0 fully saturated rings. The van der Waals surface area contributed by atoms with Crippen molar-refractivity contribution >= 4 is 32.9 Å². The third-order valence-corrected chi connectivity index (χ3v) is 4.42. The number of aliphatic hydroxyl groups is 1. The molecular weight excluding hydrogens is 354 g/mol. The summed E-state index contributed by atoms with van der Waals surface area (Å²) in [4.78, 5) is 10.5. The summed E-state index contributed by atoms with van der Waals surface area (Å²) in [6.45, 7) is 2.52. The zero-order chi connectivity index (χ0) is 15.9. The average molecular weight is 370 g/mol. The number of nitrogens with one attached hydrogen (secondary N) is 1. The molecular formula is C14H16BrN3O4. The molecule has 0 bridgehead atoms. The molecule has 1 aromatic heterocycles. The van der Waals surface area contributed by atoms with Crippen LogP contribution in [0.5, 0.6) is 5.75 Å². The molecule has 1 aliphatic rings. The van der Waals surface area contributed by atoms with Crippen LogP contribution in [0.4, 0.5) is 4.79 Å². The molecule has 3 N–H and O–H groups in total. The maximum absolute atomic E-state index is 10.7. The normalized spacial score (nSPS) is 22.0. The molecule has 0 aliphatic carbocycles. The molecule has 3 rings (SSSR count). The van der Waals surface area contributed by atoms with Gasteiger partial charge in [-0.05, 0) is 19.1 Å². The first-order valence-electron chi connectivity index (χ1n) is 6.90. The van der Waals surface area contributed by atoms with Gasteiger partial charge in [-0.25, -0.2) is 4.79 Å². The number of ether oxygens (including phenoxy) is 1. The lowest BCUT2D eigenvalue weighted by atomic mass is 10.0. The van der Waals surface area contributed by atoms with Crippen LogP contribution in [0.25, 0.3) is 10.9 Å². The molecule has 22 heavy (non-hydrogen) atoms. The Labute approximate surface area is 135 Å². The second-order valence-electron chi connectivity index (χ2n) is 5.36. The predicted octanol–water partition coefficient (Wildman–Crippen LogP) is 1.88. The fourth-order valence-corrected chi connectivity index (χ4v) is 3.09. The lowest BCUT2D eigenvalue weighted by Crippen LogP contribution is -2.35. The Kier molecular flexibility index (Phi) is 3.96. The van der Waals surface area contributed by atoms with E-state index in [0.717, 1.165) is 10.9 Å². The highest BCUT2D eigenvalue weighted by Crippen LogP contribution is 2.40. The van der Waals surface area contributed by atoms with Gasteiger partial charge in [-0.15, -0.1) is 0 Å². The van der Waals surface area contributed by atoms with Crippen molar-refractivity contribution in [1.29, 1.82) is 0 Å². The monoisotopic (exact) mass is 369 g/mol. The number of rotatable bonds is 3. The number of halogens is 1. The van der Waals surface area contributed by atoms with Gasteiger partial charge in [-0.2, -0.15) is 5.10 Å². The standard InChI is InChI=1S/C14H16BrN3O4/c1-7(17-14(20)21)5-18-12-8(4-16-18)2-3-10-11(12)13(19)9(15)6-22-10/h2-4,7,9,13,17,19H,5-6H2,1H3,(H,20,21). The number of amides is 1. The van der Waals surface area contributed by atoms with Gasteiger partial charge in [-0.3, -0.25) is 4.68 Å². The summed E-state index contributed by atoms with van der Waals surface area (Å²) in [5.41, 5.74) is 1.46. The van der Waals surface area contributed by atoms with E-state index in [9.17, 15) is 9.90 Å². The fraction of sp³-hybridized carbons (Fsp3) is 0.429. The summed E-state index contributed by atoms with van der Waals surface area (Å²) in [6, 6.07) is 3.40. The highest BCUT2D eigenvalue weighted by atomic mass is 79.9. The van der Waals surface area contributed by atoms with Gasteiger partial charge in [-0.1, -0.05) is 15.9 Å². The van der Waals surface area contributed by atoms with E-state index in [1.165, 1.54) is 0 Å². The lowest BCUT2D eigenvalue weighted by Gasteiger charge is -2.27. The average Bonchev–Trinajstić information content (AvgIpc) is 2.85. The van der Waals surface area contributed by atoms with Crippen LogP contribution in [0.3, 0.4) is 0 Å². The number of aliphatic hydroxyl groups excluding tert-OH is 1. The number of aromatic nitrogens is 2. The third kappa shape index (κ3) is 2.64. The second kappa shape index (κ2) is 5.77. The van der Waals surface area contributed by atoms with Crippen LogP contribution in [0.1, 0.15) is 18.6 Å². The minimum Gasteiger partial charge on any atom is -0.492 e. The molecule has 1 amide bonds. The van der Waals surface area contributed by atoms with E-state index in [4.69, 9.17) is 9.84 Å². The quantitative estimate of drug-likeness (QED) is 0.717. The largest absolute Gasteiger partial charge is 0.492 e. The minimum absolute atomic E-state index is 0.191. The molecule has 1 aliphatic heterocycles. The topological polar surface area (TPSA) is 96.6 Å². The van der Waals surface area contributed by atoms with Crippen molar-refractivity contribution < 1.29 is 19.7 Å². The summed E-state index contributed by atoms with van der Waals surface area (Å²) in [5, 5.41) is 26.9. The van der Waals surface area contributed by atoms with Gasteiger partial charge in [0.2, 0.25) is 0 Å². The van der Waals surface area contributed by atoms with Crippen LogP contribution in [-0.4, -0.2) is 43.6 Å². The molecule has 8 heteroatoms. The van der Waals surface area contributed by atoms with E-state index >= 15 is 0 Å². The van der Waals surface area contributed by atoms with Gasteiger partial charge >= 0.3 is 6.09 Å². The highest BCUT2D eigenvalue weighted by molar-refractivity contribution is 9.09. The first kappa shape index (κ1) is 15.1. The van der Waals surface area contributed by atoms with Crippen LogP contribution >= 0.6 is 15.9 Å². The van der Waals surface area contributed by atoms with Crippen molar-refractivity contribution in [2.75, 3.05) is 6.61 Å². The van der Waals surface area contributed by atoms with Crippen LogP contribution in [0.2, 0.25) is 0 Å². The van der Waals surface area contributed by atoms with Crippen molar-refractivity contribution in [3.8, 4) is 5.75 Å². The van der Waals surface area contributed by atoms with E-state index in [1.54, 1.807) is 17.8 Å². The predicted molar refractivity (Wildman–Crippen MR) is 83.5 cm³/mol. The Morgan fingerprint density at radius 1 is 1.64 bits per heavy atom. The summed E-state index contributed by atoms with van der Waals surface area (Å²) >= 11 is 3.41.